The lowest BCUT2D eigenvalue weighted by Crippen LogP contribution is -2.49. The summed E-state index contributed by atoms with van der Waals surface area (Å²) < 4.78 is 0. The number of benzene rings is 2. The molecule has 0 unspecified atom stereocenters. The summed E-state index contributed by atoms with van der Waals surface area (Å²) in [5.74, 6) is -0.240. The van der Waals surface area contributed by atoms with Crippen LogP contribution in [-0.4, -0.2) is 29.3 Å². The number of hydrogen-bond donors (Lipinski definition) is 1. The van der Waals surface area contributed by atoms with E-state index in [-0.39, 0.29) is 18.2 Å². The van der Waals surface area contributed by atoms with Gasteiger partial charge in [-0.25, -0.2) is 0 Å². The SMILES string of the molecule is CCCNC(=O)[C@@H](CC)N(Cc1ccccc1C)C(=O)Cc1ccc(Cl)c(Cl)c1. The first-order valence-corrected chi connectivity index (χ1v) is 10.7. The third kappa shape index (κ3) is 6.48. The zero-order valence-electron chi connectivity index (χ0n) is 17.2. The average Bonchev–Trinajstić information content (AvgIpc) is 2.70. The second-order valence-corrected chi connectivity index (χ2v) is 7.90. The van der Waals surface area contributed by atoms with Gasteiger partial charge in [0.05, 0.1) is 16.5 Å². The zero-order chi connectivity index (χ0) is 21.4. The van der Waals surface area contributed by atoms with Crippen LogP contribution in [0.2, 0.25) is 10.0 Å². The summed E-state index contributed by atoms with van der Waals surface area (Å²) in [5.41, 5.74) is 2.88. The maximum atomic E-state index is 13.3. The summed E-state index contributed by atoms with van der Waals surface area (Å²) in [4.78, 5) is 27.7. The largest absolute Gasteiger partial charge is 0.354 e. The number of amides is 2. The third-order valence-electron chi connectivity index (χ3n) is 4.88. The Morgan fingerprint density at radius 3 is 2.41 bits per heavy atom. The first kappa shape index (κ1) is 23.2. The van der Waals surface area contributed by atoms with Crippen molar-refractivity contribution in [3.8, 4) is 0 Å². The van der Waals surface area contributed by atoms with Gasteiger partial charge >= 0.3 is 0 Å². The number of halogens is 2. The van der Waals surface area contributed by atoms with Gasteiger partial charge in [-0.2, -0.15) is 0 Å². The van der Waals surface area contributed by atoms with E-state index in [2.05, 4.69) is 5.32 Å². The number of carbonyl (C=O) groups is 2. The molecule has 29 heavy (non-hydrogen) atoms. The summed E-state index contributed by atoms with van der Waals surface area (Å²) >= 11 is 12.1. The molecule has 2 aromatic rings. The molecule has 0 radical (unpaired) electrons. The van der Waals surface area contributed by atoms with Gasteiger partial charge in [0.25, 0.3) is 0 Å². The summed E-state index contributed by atoms with van der Waals surface area (Å²) in [7, 11) is 0. The lowest BCUT2D eigenvalue weighted by molar-refractivity contribution is -0.140. The fourth-order valence-corrected chi connectivity index (χ4v) is 3.50. The molecule has 0 aliphatic carbocycles. The topological polar surface area (TPSA) is 49.4 Å². The van der Waals surface area contributed by atoms with E-state index in [1.165, 1.54) is 0 Å². The Balaban J connectivity index is 2.30. The fraction of sp³-hybridized carbons (Fsp3) is 0.391. The molecule has 0 bridgehead atoms. The minimum Gasteiger partial charge on any atom is -0.354 e. The molecule has 1 N–H and O–H groups in total. The molecule has 0 spiro atoms. The fourth-order valence-electron chi connectivity index (χ4n) is 3.18. The highest BCUT2D eigenvalue weighted by molar-refractivity contribution is 6.42. The molecule has 4 nitrogen and oxygen atoms in total. The highest BCUT2D eigenvalue weighted by atomic mass is 35.5. The molecule has 156 valence electrons. The Hall–Kier alpha value is -2.04. The minimum absolute atomic E-state index is 0.120. The number of aryl methyl sites for hydroxylation is 1. The van der Waals surface area contributed by atoms with Crippen molar-refractivity contribution >= 4 is 35.0 Å². The molecule has 1 atom stereocenters. The van der Waals surface area contributed by atoms with Crippen molar-refractivity contribution in [3.63, 3.8) is 0 Å². The zero-order valence-corrected chi connectivity index (χ0v) is 18.7. The van der Waals surface area contributed by atoms with Crippen LogP contribution in [0.1, 0.15) is 43.4 Å². The highest BCUT2D eigenvalue weighted by Gasteiger charge is 2.28. The van der Waals surface area contributed by atoms with Gasteiger partial charge in [-0.1, -0.05) is 67.4 Å². The van der Waals surface area contributed by atoms with E-state index in [0.29, 0.717) is 29.6 Å². The normalized spacial score (nSPS) is 11.8. The molecule has 2 amide bonds. The molecular formula is C23H28Cl2N2O2. The molecule has 0 saturated carbocycles. The summed E-state index contributed by atoms with van der Waals surface area (Å²) in [6, 6.07) is 12.6. The Morgan fingerprint density at radius 1 is 1.07 bits per heavy atom. The summed E-state index contributed by atoms with van der Waals surface area (Å²) in [5, 5.41) is 3.79. The van der Waals surface area contributed by atoms with Crippen molar-refractivity contribution in [1.82, 2.24) is 10.2 Å². The van der Waals surface area contributed by atoms with Gasteiger partial charge in [-0.3, -0.25) is 9.59 Å². The summed E-state index contributed by atoms with van der Waals surface area (Å²) in [6.07, 6.45) is 1.53. The van der Waals surface area contributed by atoms with Crippen molar-refractivity contribution in [3.05, 3.63) is 69.2 Å². The predicted octanol–water partition coefficient (Wildman–Crippen LogP) is 5.18. The van der Waals surface area contributed by atoms with Crippen LogP contribution in [0.25, 0.3) is 0 Å². The van der Waals surface area contributed by atoms with Gasteiger partial charge in [0.15, 0.2) is 0 Å². The van der Waals surface area contributed by atoms with E-state index in [1.807, 2.05) is 45.0 Å². The van der Waals surface area contributed by atoms with Crippen LogP contribution >= 0.6 is 23.2 Å². The van der Waals surface area contributed by atoms with Gasteiger partial charge in [0, 0.05) is 13.1 Å². The Morgan fingerprint density at radius 2 is 1.79 bits per heavy atom. The molecule has 0 fully saturated rings. The standard InChI is InChI=1S/C23H28Cl2N2O2/c1-4-12-26-23(29)21(5-2)27(15-18-9-7-6-8-16(18)3)22(28)14-17-10-11-19(24)20(25)13-17/h6-11,13,21H,4-5,12,14-15H2,1-3H3,(H,26,29)/t21-/m1/s1. The van der Waals surface area contributed by atoms with Gasteiger partial charge in [-0.15, -0.1) is 0 Å². The molecule has 0 aliphatic heterocycles. The van der Waals surface area contributed by atoms with E-state index >= 15 is 0 Å². The number of carbonyl (C=O) groups excluding carboxylic acids is 2. The van der Waals surface area contributed by atoms with Crippen LogP contribution in [0, 0.1) is 6.92 Å². The number of hydrogen-bond acceptors (Lipinski definition) is 2. The highest BCUT2D eigenvalue weighted by Crippen LogP contribution is 2.24. The van der Waals surface area contributed by atoms with Crippen molar-refractivity contribution < 1.29 is 9.59 Å². The van der Waals surface area contributed by atoms with Gasteiger partial charge < -0.3 is 10.2 Å². The molecule has 2 aromatic carbocycles. The maximum Gasteiger partial charge on any atom is 0.242 e. The number of nitrogens with one attached hydrogen (secondary N) is 1. The van der Waals surface area contributed by atoms with Crippen LogP contribution in [0.5, 0.6) is 0 Å². The number of nitrogens with zero attached hydrogens (tertiary/aromatic N) is 1. The minimum atomic E-state index is -0.531. The Labute approximate surface area is 183 Å². The monoisotopic (exact) mass is 434 g/mol. The van der Waals surface area contributed by atoms with Crippen LogP contribution in [0.15, 0.2) is 42.5 Å². The molecule has 0 heterocycles. The average molecular weight is 435 g/mol. The second-order valence-electron chi connectivity index (χ2n) is 7.09. The molecule has 6 heteroatoms. The lowest BCUT2D eigenvalue weighted by Gasteiger charge is -2.31. The van der Waals surface area contributed by atoms with Crippen molar-refractivity contribution in [2.75, 3.05) is 6.54 Å². The molecule has 0 aromatic heterocycles. The Kier molecular flexibility index (Phi) is 8.99. The maximum absolute atomic E-state index is 13.3. The van der Waals surface area contributed by atoms with Crippen molar-refractivity contribution in [1.29, 1.82) is 0 Å². The lowest BCUT2D eigenvalue weighted by atomic mass is 10.0. The molecule has 0 aliphatic rings. The second kappa shape index (κ2) is 11.2. The first-order chi connectivity index (χ1) is 13.9. The van der Waals surface area contributed by atoms with Gasteiger partial charge in [0.2, 0.25) is 11.8 Å². The van der Waals surface area contributed by atoms with Gasteiger partial charge in [0.1, 0.15) is 6.04 Å². The van der Waals surface area contributed by atoms with Crippen LogP contribution in [-0.2, 0) is 22.6 Å². The van der Waals surface area contributed by atoms with Gasteiger partial charge in [-0.05, 0) is 48.6 Å². The Bertz CT molecular complexity index is 855. The summed E-state index contributed by atoms with van der Waals surface area (Å²) in [6.45, 7) is 6.91. The number of rotatable bonds is 9. The predicted molar refractivity (Wildman–Crippen MR) is 119 cm³/mol. The first-order valence-electron chi connectivity index (χ1n) is 9.92. The smallest absolute Gasteiger partial charge is 0.242 e. The van der Waals surface area contributed by atoms with E-state index < -0.39 is 6.04 Å². The van der Waals surface area contributed by atoms with Crippen molar-refractivity contribution in [2.24, 2.45) is 0 Å². The van der Waals surface area contributed by atoms with Crippen molar-refractivity contribution in [2.45, 2.75) is 52.6 Å². The molecular weight excluding hydrogens is 407 g/mol. The van der Waals surface area contributed by atoms with Crippen LogP contribution < -0.4 is 5.32 Å². The quantitative estimate of drug-likeness (QED) is 0.590. The van der Waals surface area contributed by atoms with E-state index in [9.17, 15) is 9.59 Å². The van der Waals surface area contributed by atoms with Crippen LogP contribution in [0.3, 0.4) is 0 Å². The molecule has 0 saturated heterocycles. The van der Waals surface area contributed by atoms with E-state index in [1.54, 1.807) is 23.1 Å². The van der Waals surface area contributed by atoms with Crippen LogP contribution in [0.4, 0.5) is 0 Å². The molecule has 2 rings (SSSR count). The van der Waals surface area contributed by atoms with E-state index in [0.717, 1.165) is 23.1 Å². The third-order valence-corrected chi connectivity index (χ3v) is 5.62. The van der Waals surface area contributed by atoms with E-state index in [4.69, 9.17) is 23.2 Å².